The van der Waals surface area contributed by atoms with Crippen molar-refractivity contribution >= 4 is 15.9 Å². The summed E-state index contributed by atoms with van der Waals surface area (Å²) in [4.78, 5) is 14.1. The Morgan fingerprint density at radius 1 is 1.06 bits per heavy atom. The van der Waals surface area contributed by atoms with Crippen molar-refractivity contribution in [2.24, 2.45) is 5.92 Å². The highest BCUT2D eigenvalue weighted by atomic mass is 32.2. The fraction of sp³-hybridized carbons (Fsp3) is 0.435. The first-order valence-electron chi connectivity index (χ1n) is 10.3. The number of ether oxygens (including phenoxy) is 1. The van der Waals surface area contributed by atoms with Gasteiger partial charge in [-0.25, -0.2) is 12.8 Å². The quantitative estimate of drug-likeness (QED) is 0.550. The van der Waals surface area contributed by atoms with Gasteiger partial charge >= 0.3 is 0 Å². The zero-order valence-electron chi connectivity index (χ0n) is 18.8. The van der Waals surface area contributed by atoms with Gasteiger partial charge in [0, 0.05) is 33.3 Å². The van der Waals surface area contributed by atoms with Gasteiger partial charge in [-0.2, -0.15) is 4.31 Å². The molecule has 0 unspecified atom stereocenters. The molecule has 32 heavy (non-hydrogen) atoms. The van der Waals surface area contributed by atoms with Gasteiger partial charge in [0.25, 0.3) is 5.91 Å². The van der Waals surface area contributed by atoms with Gasteiger partial charge in [0.15, 0.2) is 0 Å². The lowest BCUT2D eigenvalue weighted by molar-refractivity contribution is 0.0220. The van der Waals surface area contributed by atoms with Crippen LogP contribution in [0.3, 0.4) is 0 Å². The first-order valence-corrected chi connectivity index (χ1v) is 11.8. The Morgan fingerprint density at radius 3 is 2.22 bits per heavy atom. The molecule has 0 radical (unpaired) electrons. The zero-order valence-corrected chi connectivity index (χ0v) is 19.6. The molecule has 0 spiro atoms. The minimum atomic E-state index is -3.85. The van der Waals surface area contributed by atoms with E-state index in [2.05, 4.69) is 0 Å². The lowest BCUT2D eigenvalue weighted by Crippen LogP contribution is -2.47. The van der Waals surface area contributed by atoms with Crippen LogP contribution in [-0.4, -0.2) is 74.6 Å². The molecule has 0 bridgehead atoms. The summed E-state index contributed by atoms with van der Waals surface area (Å²) >= 11 is 0. The number of methoxy groups -OCH3 is 1. The number of amides is 1. The maximum absolute atomic E-state index is 14.0. The molecule has 0 aliphatic heterocycles. The van der Waals surface area contributed by atoms with Crippen LogP contribution in [0.5, 0.6) is 0 Å². The van der Waals surface area contributed by atoms with Crippen molar-refractivity contribution in [3.05, 3.63) is 66.0 Å². The second-order valence-electron chi connectivity index (χ2n) is 7.84. The number of rotatable bonds is 11. The third-order valence-corrected chi connectivity index (χ3v) is 7.41. The molecule has 2 aromatic carbocycles. The molecule has 1 N–H and O–H groups in total. The Bertz CT molecular complexity index is 987. The number of likely N-dealkylation sites (N-methyl/N-ethyl adjacent to an activating group) is 1. The molecule has 9 heteroatoms. The van der Waals surface area contributed by atoms with Crippen LogP contribution in [0, 0.1) is 11.7 Å². The third-order valence-electron chi connectivity index (χ3n) is 5.42. The molecule has 7 nitrogen and oxygen atoms in total. The summed E-state index contributed by atoms with van der Waals surface area (Å²) in [7, 11) is -0.831. The Balaban J connectivity index is 2.19. The van der Waals surface area contributed by atoms with Crippen LogP contribution in [0.15, 0.2) is 59.5 Å². The van der Waals surface area contributed by atoms with Crippen LogP contribution in [0.25, 0.3) is 0 Å². The minimum absolute atomic E-state index is 0.0420. The standard InChI is InChI=1S/C23H31FN2O5S/c1-17(14-26(18(2)16-27)32(29,30)19-10-6-5-7-11-19)22(31-4)15-25(3)23(28)20-12-8-9-13-21(20)24/h5-13,17-18,22,27H,14-16H2,1-4H3/t17-,18-,22+/m0/s1. The molecule has 0 saturated heterocycles. The number of nitrogens with zero attached hydrogens (tertiary/aromatic N) is 2. The number of carbonyl (C=O) groups excluding carboxylic acids is 1. The molecule has 2 aromatic rings. The van der Waals surface area contributed by atoms with Gasteiger partial charge in [-0.05, 0) is 37.1 Å². The molecule has 0 aromatic heterocycles. The van der Waals surface area contributed by atoms with Gasteiger partial charge in [-0.1, -0.05) is 37.3 Å². The van der Waals surface area contributed by atoms with E-state index in [1.807, 2.05) is 6.92 Å². The van der Waals surface area contributed by atoms with E-state index in [9.17, 15) is 22.7 Å². The number of hydrogen-bond acceptors (Lipinski definition) is 5. The molecule has 0 fully saturated rings. The summed E-state index contributed by atoms with van der Waals surface area (Å²) in [5, 5.41) is 9.67. The van der Waals surface area contributed by atoms with Crippen molar-refractivity contribution in [3.63, 3.8) is 0 Å². The van der Waals surface area contributed by atoms with Crippen LogP contribution >= 0.6 is 0 Å². The number of hydrogen-bond donors (Lipinski definition) is 1. The number of halogens is 1. The van der Waals surface area contributed by atoms with Gasteiger partial charge in [-0.3, -0.25) is 4.79 Å². The highest BCUT2D eigenvalue weighted by Gasteiger charge is 2.33. The Morgan fingerprint density at radius 2 is 1.66 bits per heavy atom. The third kappa shape index (κ3) is 6.13. The van der Waals surface area contributed by atoms with E-state index >= 15 is 0 Å². The number of benzene rings is 2. The second-order valence-corrected chi connectivity index (χ2v) is 9.73. The predicted molar refractivity (Wildman–Crippen MR) is 120 cm³/mol. The molecular formula is C23H31FN2O5S. The van der Waals surface area contributed by atoms with Crippen molar-refractivity contribution < 1.29 is 27.4 Å². The summed E-state index contributed by atoms with van der Waals surface area (Å²) in [5.74, 6) is -1.43. The average molecular weight is 467 g/mol. The Hall–Kier alpha value is -2.33. The van der Waals surface area contributed by atoms with Gasteiger partial charge < -0.3 is 14.7 Å². The van der Waals surface area contributed by atoms with Crippen LogP contribution in [0.2, 0.25) is 0 Å². The Labute approximate surface area is 189 Å². The number of sulfonamides is 1. The maximum atomic E-state index is 14.0. The summed E-state index contributed by atoms with van der Waals surface area (Å²) in [6.07, 6.45) is -0.518. The van der Waals surface area contributed by atoms with Crippen molar-refractivity contribution in [2.75, 3.05) is 33.9 Å². The van der Waals surface area contributed by atoms with E-state index < -0.39 is 33.9 Å². The van der Waals surface area contributed by atoms with Crippen LogP contribution in [0.4, 0.5) is 4.39 Å². The first kappa shape index (κ1) is 25.9. The topological polar surface area (TPSA) is 87.2 Å². The summed E-state index contributed by atoms with van der Waals surface area (Å²) < 4.78 is 47.2. The SMILES string of the molecule is CO[C@H](CN(C)C(=O)c1ccccc1F)[C@@H](C)CN([C@@H](C)CO)S(=O)(=O)c1ccccc1. The molecule has 0 saturated carbocycles. The van der Waals surface area contributed by atoms with E-state index in [0.29, 0.717) is 0 Å². The molecule has 0 aliphatic rings. The van der Waals surface area contributed by atoms with Crippen LogP contribution in [-0.2, 0) is 14.8 Å². The molecular weight excluding hydrogens is 435 g/mol. The predicted octanol–water partition coefficient (Wildman–Crippen LogP) is 2.62. The lowest BCUT2D eigenvalue weighted by Gasteiger charge is -2.33. The normalized spacial score (nSPS) is 14.7. The van der Waals surface area contributed by atoms with Crippen molar-refractivity contribution in [1.29, 1.82) is 0 Å². The molecule has 2 rings (SSSR count). The molecule has 3 atom stereocenters. The van der Waals surface area contributed by atoms with Crippen molar-refractivity contribution in [2.45, 2.75) is 30.9 Å². The van der Waals surface area contributed by atoms with E-state index in [4.69, 9.17) is 4.74 Å². The highest BCUT2D eigenvalue weighted by molar-refractivity contribution is 7.89. The second kappa shape index (κ2) is 11.5. The van der Waals surface area contributed by atoms with E-state index in [-0.39, 0.29) is 36.1 Å². The lowest BCUT2D eigenvalue weighted by atomic mass is 10.0. The monoisotopic (exact) mass is 466 g/mol. The fourth-order valence-corrected chi connectivity index (χ4v) is 5.16. The van der Waals surface area contributed by atoms with Gasteiger partial charge in [0.2, 0.25) is 10.0 Å². The molecule has 1 amide bonds. The fourth-order valence-electron chi connectivity index (χ4n) is 3.42. The summed E-state index contributed by atoms with van der Waals surface area (Å²) in [5.41, 5.74) is -0.0420. The van der Waals surface area contributed by atoms with E-state index in [1.54, 1.807) is 38.2 Å². The maximum Gasteiger partial charge on any atom is 0.256 e. The summed E-state index contributed by atoms with van der Waals surface area (Å²) in [6, 6.07) is 13.1. The smallest absolute Gasteiger partial charge is 0.256 e. The summed E-state index contributed by atoms with van der Waals surface area (Å²) in [6.45, 7) is 3.30. The van der Waals surface area contributed by atoms with Crippen molar-refractivity contribution in [1.82, 2.24) is 9.21 Å². The van der Waals surface area contributed by atoms with Gasteiger partial charge in [0.05, 0.1) is 23.2 Å². The first-order chi connectivity index (χ1) is 15.1. The van der Waals surface area contributed by atoms with E-state index in [0.717, 1.165) is 0 Å². The molecule has 176 valence electrons. The van der Waals surface area contributed by atoms with Crippen LogP contribution < -0.4 is 0 Å². The molecule has 0 aliphatic carbocycles. The average Bonchev–Trinajstić information content (AvgIpc) is 2.80. The number of carbonyl (C=O) groups is 1. The van der Waals surface area contributed by atoms with Crippen LogP contribution in [0.1, 0.15) is 24.2 Å². The van der Waals surface area contributed by atoms with Gasteiger partial charge in [0.1, 0.15) is 5.82 Å². The number of aliphatic hydroxyl groups is 1. The van der Waals surface area contributed by atoms with Crippen molar-refractivity contribution in [3.8, 4) is 0 Å². The van der Waals surface area contributed by atoms with E-state index in [1.165, 1.54) is 46.6 Å². The largest absolute Gasteiger partial charge is 0.395 e. The highest BCUT2D eigenvalue weighted by Crippen LogP contribution is 2.22. The van der Waals surface area contributed by atoms with Gasteiger partial charge in [-0.15, -0.1) is 0 Å². The zero-order chi connectivity index (χ0) is 23.9. The Kier molecular flexibility index (Phi) is 9.33. The number of aliphatic hydroxyl groups excluding tert-OH is 1. The minimum Gasteiger partial charge on any atom is -0.395 e. The molecule has 0 heterocycles.